The molecule has 0 bridgehead atoms. The van der Waals surface area contributed by atoms with E-state index in [-0.39, 0.29) is 105 Å². The molecule has 15 heteroatoms. The molecule has 0 amide bonds. The summed E-state index contributed by atoms with van der Waals surface area (Å²) in [5, 5.41) is 55.5. The van der Waals surface area contributed by atoms with Crippen molar-refractivity contribution in [3.63, 3.8) is 0 Å². The second kappa shape index (κ2) is 33.2. The molecule has 20 aliphatic carbocycles. The van der Waals surface area contributed by atoms with Gasteiger partial charge >= 0.3 is 11.9 Å². The highest BCUT2D eigenvalue weighted by Gasteiger charge is 2.78. The van der Waals surface area contributed by atoms with E-state index in [1.165, 1.54) is 180 Å². The van der Waals surface area contributed by atoms with Crippen LogP contribution in [0.5, 0.6) is 0 Å². The van der Waals surface area contributed by atoms with E-state index in [0.29, 0.717) is 142 Å². The van der Waals surface area contributed by atoms with Crippen LogP contribution in [0.2, 0.25) is 0 Å². The average molecular weight is 1830 g/mol. The third kappa shape index (κ3) is 14.1. The Morgan fingerprint density at radius 2 is 0.697 bits per heavy atom. The topological polar surface area (TPSA) is 225 Å². The second-order valence-electron chi connectivity index (χ2n) is 56.2. The number of hydrogen-bond donors (Lipinski definition) is 5. The van der Waals surface area contributed by atoms with Crippen molar-refractivity contribution in [1.82, 2.24) is 0 Å². The van der Waals surface area contributed by atoms with Gasteiger partial charge in [0.1, 0.15) is 23.4 Å². The van der Waals surface area contributed by atoms with E-state index >= 15 is 0 Å². The lowest BCUT2D eigenvalue weighted by Crippen LogP contribution is -2.69. The van der Waals surface area contributed by atoms with Gasteiger partial charge in [-0.25, -0.2) is 0 Å². The first-order valence-corrected chi connectivity index (χ1v) is 56.9. The van der Waals surface area contributed by atoms with Crippen LogP contribution in [0.1, 0.15) is 414 Å². The molecule has 0 aromatic heterocycles. The van der Waals surface area contributed by atoms with Crippen molar-refractivity contribution < 1.29 is 73.1 Å². The summed E-state index contributed by atoms with van der Waals surface area (Å²) in [7, 11) is 0. The summed E-state index contributed by atoms with van der Waals surface area (Å²) in [6, 6.07) is 0. The van der Waals surface area contributed by atoms with Crippen LogP contribution >= 0.6 is 0 Å². The minimum atomic E-state index is -1.40. The van der Waals surface area contributed by atoms with Crippen LogP contribution in [0.3, 0.4) is 0 Å². The number of hydrogen-bond acceptors (Lipinski definition) is 15. The van der Waals surface area contributed by atoms with E-state index in [0.717, 1.165) is 149 Å². The Bertz CT molecular complexity index is 4300. The van der Waals surface area contributed by atoms with Crippen molar-refractivity contribution in [2.24, 2.45) is 203 Å². The summed E-state index contributed by atoms with van der Waals surface area (Å²) >= 11 is 0. The third-order valence-corrected chi connectivity index (χ3v) is 51.4. The Morgan fingerprint density at radius 3 is 1.17 bits per heavy atom. The van der Waals surface area contributed by atoms with Gasteiger partial charge in [-0.1, -0.05) is 118 Å². The van der Waals surface area contributed by atoms with Crippen molar-refractivity contribution in [2.75, 3.05) is 0 Å². The molecule has 24 fully saturated rings. The Balaban J connectivity index is 0.000000106. The van der Waals surface area contributed by atoms with Crippen LogP contribution in [0.15, 0.2) is 0 Å². The van der Waals surface area contributed by atoms with Gasteiger partial charge in [0.05, 0.1) is 65.1 Å². The van der Waals surface area contributed by atoms with Gasteiger partial charge in [0.25, 0.3) is 0 Å². The number of rotatable bonds is 2. The summed E-state index contributed by atoms with van der Waals surface area (Å²) in [6.07, 6.45) is 49.8. The predicted molar refractivity (Wildman–Crippen MR) is 513 cm³/mol. The number of aliphatic hydroxyl groups excluding tert-OH is 3. The number of aliphatic hydroxyl groups is 5. The highest BCUT2D eigenvalue weighted by Crippen LogP contribution is 2.79. The van der Waals surface area contributed by atoms with Gasteiger partial charge in [0, 0.05) is 49.9 Å². The number of ketones is 2. The number of esters is 2. The maximum atomic E-state index is 14.0. The van der Waals surface area contributed by atoms with E-state index in [1.807, 2.05) is 0 Å². The van der Waals surface area contributed by atoms with Crippen LogP contribution in [0, 0.1) is 203 Å². The molecule has 4 heterocycles. The summed E-state index contributed by atoms with van der Waals surface area (Å²) in [5.41, 5.74) is -1.07. The summed E-state index contributed by atoms with van der Waals surface area (Å²) in [5.74, 6) is 16.2. The maximum absolute atomic E-state index is 14.0. The van der Waals surface area contributed by atoms with Crippen LogP contribution in [-0.2, 0) is 47.6 Å². The minimum Gasteiger partial charge on any atom is -0.463 e. The first-order valence-electron chi connectivity index (χ1n) is 56.9. The van der Waals surface area contributed by atoms with Gasteiger partial charge in [0.15, 0.2) is 11.6 Å². The molecule has 0 aromatic carbocycles. The molecule has 20 saturated carbocycles. The van der Waals surface area contributed by atoms with Crippen molar-refractivity contribution in [1.29, 1.82) is 0 Å². The lowest BCUT2D eigenvalue weighted by molar-refractivity contribution is -0.227. The molecule has 744 valence electrons. The summed E-state index contributed by atoms with van der Waals surface area (Å²) < 4.78 is 39.5. The monoisotopic (exact) mass is 1830 g/mol. The molecule has 4 spiro atoms. The minimum absolute atomic E-state index is 0.00360. The highest BCUT2D eigenvalue weighted by atomic mass is 16.6. The Morgan fingerprint density at radius 1 is 0.326 bits per heavy atom. The predicted octanol–water partition coefficient (Wildman–Crippen LogP) is 23.3. The average Bonchev–Trinajstić information content (AvgIpc) is 1.51. The Hall–Kier alpha value is -2.08. The molecule has 24 aliphatic rings. The normalized spacial score (nSPS) is 60.1. The summed E-state index contributed by atoms with van der Waals surface area (Å²) in [4.78, 5) is 50.7. The van der Waals surface area contributed by atoms with Gasteiger partial charge in [-0.15, -0.1) is 0 Å². The zero-order valence-electron chi connectivity index (χ0n) is 86.2. The first kappa shape index (κ1) is 96.1. The van der Waals surface area contributed by atoms with Gasteiger partial charge in [-0.2, -0.15) is 0 Å². The van der Waals surface area contributed by atoms with E-state index < -0.39 is 28.1 Å². The van der Waals surface area contributed by atoms with Crippen molar-refractivity contribution >= 4 is 23.5 Å². The molecular formula is C117H186O15. The molecule has 0 radical (unpaired) electrons. The van der Waals surface area contributed by atoms with Gasteiger partial charge in [0.2, 0.25) is 0 Å². The molecular weight excluding hydrogens is 1650 g/mol. The van der Waals surface area contributed by atoms with Gasteiger partial charge in [-0.05, 0) is 450 Å². The van der Waals surface area contributed by atoms with Crippen LogP contribution < -0.4 is 0 Å². The number of carbonyl (C=O) groups is 4. The lowest BCUT2D eigenvalue weighted by Gasteiger charge is -2.65. The molecule has 36 unspecified atom stereocenters. The van der Waals surface area contributed by atoms with Crippen molar-refractivity contribution in [3.8, 4) is 0 Å². The fourth-order valence-electron chi connectivity index (χ4n) is 44.0. The molecule has 4 saturated heterocycles. The van der Waals surface area contributed by atoms with Gasteiger partial charge in [-0.3, -0.25) is 19.2 Å². The molecule has 5 N–H and O–H groups in total. The SMILES string of the molecule is CC(=O)OC1CCC2(C)C(CCC3C2CCC2(C)C3CC3OC4(CCC(C)CC4)C(C)C32)C1.CC(=O)OC1CCC2(C)C3CCC4(C)C(CC5OC6(CCC(C)CC6)[C@@H](C)C54)C3[C@H](C)C(=O)[C@@]2(O)C1.CC1CCC2(CC1)OC1CC3C4CC(=O)[C@@]5(O)CC(O)CCC5(C)C4CCC3(C)C1[C@@H]2C.CC1CCC2(CC1)OC1CC3C4CC(O)C5CC(O)CCC5(C)C4CCC3(C)C1[C@@H]2C. The number of Topliss-reactive ketones (excluding diaryl/α,β-unsaturated/α-hetero) is 2. The van der Waals surface area contributed by atoms with E-state index in [4.69, 9.17) is 28.4 Å². The largest absolute Gasteiger partial charge is 0.463 e. The molecule has 0 aromatic rings. The quantitative estimate of drug-likeness (QED) is 0.162. The van der Waals surface area contributed by atoms with Crippen LogP contribution in [0.25, 0.3) is 0 Å². The molecule has 132 heavy (non-hydrogen) atoms. The Kier molecular flexibility index (Phi) is 24.2. The first-order chi connectivity index (χ1) is 62.2. The fraction of sp³-hybridized carbons (Fsp3) is 0.966. The molecule has 42 atom stereocenters. The number of fused-ring (bicyclic) bond motifs is 28. The van der Waals surface area contributed by atoms with Gasteiger partial charge < -0.3 is 54.0 Å². The standard InChI is InChI=1S/C31H48O5.C30H48O3.C28H44O4.C28H46O3/c1-17-7-13-30(14-8-17)19(3)26-24(36-30)15-23-25-18(2)27(33)31(34)16-21(35-20(4)32)9-12-29(31,6)22(25)10-11-28(23,26)5;1-18-8-14-30(15-9-18)19(2)27-26(33-30)17-25-23-7-6-21-16-22(32-20(3)31)10-12-28(21,4)24(23)11-13-29(25,27)5;1-16-5-11-27(12-6-16)17(2)24-22(32-27)14-21-19-13-23(30)28(31)15-18(29)7-10-26(28,4)20(19)8-9-25(21,24)3;1-16-5-11-28(12-6-16)17(2)25-24(31-28)15-21-19-14-23(30)22-13-18(29)7-9-26(22,3)20(19)8-10-27(21,25)4/h17-19,21-26,34H,7-16H2,1-6H3;18-19,21-27H,6-17H2,1-5H3;16-22,24,29,31H,5-15H2,1-4H3;16-25,29-30H,5-15H2,1-4H3/t17?,18-,19-,21?,22?,23?,24?,25?,26?,28?,29?,30?,31-;;16?,17-,18?,19?,20?,21?,22?,24?,25?,26?,27?,28-;16?,17-,18?,19?,20?,21?,22?,23?,24?,25?,26?,27?,28?/m0.00/s1. The number of ether oxygens (including phenoxy) is 6. The third-order valence-electron chi connectivity index (χ3n) is 51.4. The van der Waals surface area contributed by atoms with Crippen molar-refractivity contribution in [2.45, 2.75) is 503 Å². The second-order valence-corrected chi connectivity index (χ2v) is 56.2. The molecule has 15 nitrogen and oxygen atoms in total. The summed E-state index contributed by atoms with van der Waals surface area (Å²) in [6.45, 7) is 44.6. The fourth-order valence-corrected chi connectivity index (χ4v) is 44.0. The van der Waals surface area contributed by atoms with E-state index in [2.05, 4.69) is 118 Å². The van der Waals surface area contributed by atoms with Crippen LogP contribution in [-0.4, -0.2) is 138 Å². The van der Waals surface area contributed by atoms with Crippen LogP contribution in [0.4, 0.5) is 0 Å². The smallest absolute Gasteiger partial charge is 0.302 e. The molecule has 4 aliphatic heterocycles. The zero-order valence-corrected chi connectivity index (χ0v) is 86.2. The number of carbonyl (C=O) groups excluding carboxylic acids is 4. The van der Waals surface area contributed by atoms with Crippen molar-refractivity contribution in [3.05, 3.63) is 0 Å². The van der Waals surface area contributed by atoms with E-state index in [9.17, 15) is 44.7 Å². The highest BCUT2D eigenvalue weighted by molar-refractivity contribution is 5.92. The Labute approximate surface area is 797 Å². The lowest BCUT2D eigenvalue weighted by atomic mass is 9.40. The molecule has 24 rings (SSSR count). The van der Waals surface area contributed by atoms with E-state index in [1.54, 1.807) is 6.92 Å². The maximum Gasteiger partial charge on any atom is 0.302 e. The zero-order chi connectivity index (χ0) is 93.4.